The van der Waals surface area contributed by atoms with Crippen molar-refractivity contribution in [3.05, 3.63) is 11.6 Å². The molecule has 0 saturated carbocycles. The van der Waals surface area contributed by atoms with Crippen molar-refractivity contribution in [2.75, 3.05) is 6.16 Å². The minimum Gasteiger partial charge on any atom is -0.478 e. The van der Waals surface area contributed by atoms with Crippen molar-refractivity contribution in [1.82, 2.24) is 0 Å². The number of hydrogen-bond donors (Lipinski definition) is 3. The van der Waals surface area contributed by atoms with Crippen LogP contribution in [0, 0.1) is 0 Å². The van der Waals surface area contributed by atoms with Gasteiger partial charge in [-0.15, -0.1) is 0 Å². The molecule has 0 saturated heterocycles. The normalized spacial score (nSPS) is 13.2. The molecule has 0 spiro atoms. The first kappa shape index (κ1) is 10.4. The largest absolute Gasteiger partial charge is 0.478 e. The molecule has 6 heteroatoms. The fourth-order valence-corrected chi connectivity index (χ4v) is 0.855. The van der Waals surface area contributed by atoms with E-state index in [1.165, 1.54) is 6.92 Å². The molecular formula is C5H9O5P. The molecule has 0 rings (SSSR count). The van der Waals surface area contributed by atoms with Gasteiger partial charge in [0.1, 0.15) is 0 Å². The maximum Gasteiger partial charge on any atom is 0.330 e. The van der Waals surface area contributed by atoms with Crippen LogP contribution in [0.2, 0.25) is 0 Å². The fourth-order valence-electron chi connectivity index (χ4n) is 0.343. The van der Waals surface area contributed by atoms with Crippen LogP contribution in [0.4, 0.5) is 0 Å². The zero-order valence-corrected chi connectivity index (χ0v) is 6.78. The summed E-state index contributed by atoms with van der Waals surface area (Å²) in [6.07, 6.45) is 0.480. The van der Waals surface area contributed by atoms with E-state index >= 15 is 0 Å². The number of carboxylic acid groups (broad SMARTS) is 1. The Bertz CT molecular complexity index is 225. The van der Waals surface area contributed by atoms with Crippen LogP contribution in [-0.4, -0.2) is 27.0 Å². The second-order valence-electron chi connectivity index (χ2n) is 2.04. The van der Waals surface area contributed by atoms with Gasteiger partial charge in [-0.3, -0.25) is 4.57 Å². The molecule has 0 aromatic rings. The van der Waals surface area contributed by atoms with Crippen molar-refractivity contribution in [2.24, 2.45) is 0 Å². The molecular weight excluding hydrogens is 171 g/mol. The first-order valence-corrected chi connectivity index (χ1v) is 4.57. The topological polar surface area (TPSA) is 94.8 Å². The maximum absolute atomic E-state index is 10.2. The molecule has 5 nitrogen and oxygen atoms in total. The van der Waals surface area contributed by atoms with Crippen LogP contribution in [0.1, 0.15) is 6.92 Å². The van der Waals surface area contributed by atoms with Gasteiger partial charge in [-0.2, -0.15) is 0 Å². The zero-order valence-electron chi connectivity index (χ0n) is 5.89. The summed E-state index contributed by atoms with van der Waals surface area (Å²) in [6.45, 7) is 1.28. The average molecular weight is 180 g/mol. The summed E-state index contributed by atoms with van der Waals surface area (Å²) >= 11 is 0. The predicted molar refractivity (Wildman–Crippen MR) is 38.3 cm³/mol. The van der Waals surface area contributed by atoms with Crippen molar-refractivity contribution in [3.63, 3.8) is 0 Å². The van der Waals surface area contributed by atoms with Crippen LogP contribution < -0.4 is 0 Å². The minimum atomic E-state index is -4.10. The highest BCUT2D eigenvalue weighted by atomic mass is 31.2. The molecule has 0 aliphatic rings. The van der Waals surface area contributed by atoms with E-state index in [2.05, 4.69) is 0 Å². The van der Waals surface area contributed by atoms with Gasteiger partial charge in [0.2, 0.25) is 0 Å². The first-order valence-electron chi connectivity index (χ1n) is 2.77. The Kier molecular flexibility index (Phi) is 3.45. The molecule has 0 fully saturated rings. The molecule has 11 heavy (non-hydrogen) atoms. The minimum absolute atomic E-state index is 0.0617. The highest BCUT2D eigenvalue weighted by Gasteiger charge is 2.11. The van der Waals surface area contributed by atoms with Gasteiger partial charge in [-0.05, 0) is 6.92 Å². The van der Waals surface area contributed by atoms with Gasteiger partial charge in [0.25, 0.3) is 0 Å². The second-order valence-corrected chi connectivity index (χ2v) is 3.73. The standard InChI is InChI=1S/C5H9O5P/c1-4(5(6)7)2-3-11(8,9)10/h2H,3H2,1H3,(H,6,7)(H2,8,9,10)/b4-2+. The molecule has 64 valence electrons. The maximum atomic E-state index is 10.2. The van der Waals surface area contributed by atoms with Gasteiger partial charge in [0.05, 0.1) is 6.16 Å². The van der Waals surface area contributed by atoms with E-state index in [4.69, 9.17) is 14.9 Å². The highest BCUT2D eigenvalue weighted by molar-refractivity contribution is 7.51. The van der Waals surface area contributed by atoms with E-state index in [9.17, 15) is 9.36 Å². The van der Waals surface area contributed by atoms with Crippen LogP contribution in [-0.2, 0) is 9.36 Å². The molecule has 0 heterocycles. The molecule has 0 bridgehead atoms. The van der Waals surface area contributed by atoms with E-state index in [1.54, 1.807) is 0 Å². The summed E-state index contributed by atoms with van der Waals surface area (Å²) < 4.78 is 10.2. The molecule has 0 unspecified atom stereocenters. The smallest absolute Gasteiger partial charge is 0.330 e. The first-order chi connectivity index (χ1) is 4.83. The summed E-state index contributed by atoms with van der Waals surface area (Å²) in [5.74, 6) is -1.17. The lowest BCUT2D eigenvalue weighted by molar-refractivity contribution is -0.132. The monoisotopic (exact) mass is 180 g/mol. The van der Waals surface area contributed by atoms with Crippen molar-refractivity contribution >= 4 is 13.6 Å². The lowest BCUT2D eigenvalue weighted by Gasteiger charge is -1.97. The quantitative estimate of drug-likeness (QED) is 0.425. The third-order valence-corrected chi connectivity index (χ3v) is 1.63. The molecule has 0 radical (unpaired) electrons. The Morgan fingerprint density at radius 3 is 2.27 bits per heavy atom. The van der Waals surface area contributed by atoms with E-state index in [-0.39, 0.29) is 5.57 Å². The number of allylic oxidation sites excluding steroid dienone is 1. The van der Waals surface area contributed by atoms with Crippen molar-refractivity contribution in [1.29, 1.82) is 0 Å². The molecule has 0 aromatic heterocycles. The van der Waals surface area contributed by atoms with Gasteiger partial charge in [0, 0.05) is 5.57 Å². The van der Waals surface area contributed by atoms with Crippen LogP contribution in [0.5, 0.6) is 0 Å². The lowest BCUT2D eigenvalue weighted by atomic mass is 10.3. The van der Waals surface area contributed by atoms with E-state index in [0.717, 1.165) is 6.08 Å². The number of hydrogen-bond acceptors (Lipinski definition) is 2. The van der Waals surface area contributed by atoms with Gasteiger partial charge >= 0.3 is 13.6 Å². The number of rotatable bonds is 3. The lowest BCUT2D eigenvalue weighted by Crippen LogP contribution is -1.97. The summed E-state index contributed by atoms with van der Waals surface area (Å²) in [5, 5.41) is 8.26. The average Bonchev–Trinajstić information content (AvgIpc) is 1.80. The summed E-state index contributed by atoms with van der Waals surface area (Å²) in [7, 11) is -4.10. The summed E-state index contributed by atoms with van der Waals surface area (Å²) in [5.41, 5.74) is -0.0617. The third kappa shape index (κ3) is 5.79. The van der Waals surface area contributed by atoms with Crippen LogP contribution in [0.15, 0.2) is 11.6 Å². The van der Waals surface area contributed by atoms with E-state index in [1.807, 2.05) is 0 Å². The predicted octanol–water partition coefficient (Wildman–Crippen LogP) is 0.195. The fraction of sp³-hybridized carbons (Fsp3) is 0.400. The number of carboxylic acids is 1. The molecule has 0 aliphatic carbocycles. The third-order valence-electron chi connectivity index (χ3n) is 0.973. The highest BCUT2D eigenvalue weighted by Crippen LogP contribution is 2.34. The molecule has 0 aromatic carbocycles. The summed E-state index contributed by atoms with van der Waals surface area (Å²) in [4.78, 5) is 26.7. The number of carbonyl (C=O) groups is 1. The van der Waals surface area contributed by atoms with E-state index < -0.39 is 19.7 Å². The Balaban J connectivity index is 4.15. The van der Waals surface area contributed by atoms with Gasteiger partial charge in [-0.1, -0.05) is 6.08 Å². The summed E-state index contributed by atoms with van der Waals surface area (Å²) in [6, 6.07) is 0. The van der Waals surface area contributed by atoms with Gasteiger partial charge in [0.15, 0.2) is 0 Å². The second kappa shape index (κ2) is 3.67. The van der Waals surface area contributed by atoms with Crippen LogP contribution >= 0.6 is 7.60 Å². The number of aliphatic carboxylic acids is 1. The Hall–Kier alpha value is -0.640. The van der Waals surface area contributed by atoms with Crippen LogP contribution in [0.25, 0.3) is 0 Å². The zero-order chi connectivity index (χ0) is 9.07. The Labute approximate surface area is 63.5 Å². The van der Waals surface area contributed by atoms with Crippen molar-refractivity contribution in [2.45, 2.75) is 6.92 Å². The van der Waals surface area contributed by atoms with Crippen LogP contribution in [0.3, 0.4) is 0 Å². The van der Waals surface area contributed by atoms with Gasteiger partial charge < -0.3 is 14.9 Å². The van der Waals surface area contributed by atoms with E-state index in [0.29, 0.717) is 0 Å². The molecule has 0 amide bonds. The van der Waals surface area contributed by atoms with Gasteiger partial charge in [-0.25, -0.2) is 4.79 Å². The Morgan fingerprint density at radius 1 is 1.55 bits per heavy atom. The molecule has 0 aliphatic heterocycles. The SMILES string of the molecule is C/C(=C\CP(=O)(O)O)C(=O)O. The molecule has 0 atom stereocenters. The Morgan fingerprint density at radius 2 is 2.00 bits per heavy atom. The van der Waals surface area contributed by atoms with Crippen molar-refractivity contribution < 1.29 is 24.3 Å². The molecule has 3 N–H and O–H groups in total. The van der Waals surface area contributed by atoms with Crippen molar-refractivity contribution in [3.8, 4) is 0 Å².